The monoisotopic (exact) mass is 602 g/mol. The fourth-order valence-corrected chi connectivity index (χ4v) is 20.1. The first-order chi connectivity index (χ1) is 12.4. The molecule has 0 aliphatic heterocycles. The first kappa shape index (κ1) is 27.5. The van der Waals surface area contributed by atoms with Gasteiger partial charge in [0.2, 0.25) is 0 Å². The summed E-state index contributed by atoms with van der Waals surface area (Å²) in [6.45, 7) is 17.1. The van der Waals surface area contributed by atoms with Crippen molar-refractivity contribution in [2.75, 3.05) is 0 Å². The average molecular weight is 600 g/mol. The summed E-state index contributed by atoms with van der Waals surface area (Å²) in [6.07, 6.45) is -1.66. The Bertz CT molecular complexity index is 418. The number of hydrogen-bond donors (Lipinski definition) is 1. The Hall–Kier alpha value is 0.497. The van der Waals surface area contributed by atoms with E-state index in [9.17, 15) is 14.7 Å². The summed E-state index contributed by atoms with van der Waals surface area (Å²) in [7, 11) is 0. The Morgan fingerprint density at radius 1 is 0.704 bits per heavy atom. The van der Waals surface area contributed by atoms with Gasteiger partial charge in [-0.05, 0) is 0 Å². The van der Waals surface area contributed by atoms with Crippen molar-refractivity contribution in [2.24, 2.45) is 23.7 Å². The molecule has 0 bridgehead atoms. The van der Waals surface area contributed by atoms with Gasteiger partial charge in [0.05, 0.1) is 0 Å². The van der Waals surface area contributed by atoms with Gasteiger partial charge in [0.1, 0.15) is 0 Å². The topological polar surface area (TPSA) is 72.8 Å². The van der Waals surface area contributed by atoms with Gasteiger partial charge in [-0.25, -0.2) is 0 Å². The third-order valence-electron chi connectivity index (χ3n) is 4.15. The quantitative estimate of drug-likeness (QED) is 0.325. The normalized spacial score (nSPS) is 13.3. The molecule has 0 aromatic rings. The average Bonchev–Trinajstić information content (AvgIpc) is 2.43. The maximum absolute atomic E-state index is 12.3. The van der Waals surface area contributed by atoms with Gasteiger partial charge in [0, 0.05) is 0 Å². The van der Waals surface area contributed by atoms with Crippen LogP contribution >= 0.6 is 0 Å². The van der Waals surface area contributed by atoms with Crippen LogP contribution in [0, 0.1) is 23.7 Å². The van der Waals surface area contributed by atoms with E-state index in [1.54, 1.807) is 0 Å². The van der Waals surface area contributed by atoms with Gasteiger partial charge in [0.25, 0.3) is 0 Å². The van der Waals surface area contributed by atoms with Gasteiger partial charge in [-0.1, -0.05) is 0 Å². The molecule has 1 N–H and O–H groups in total. The van der Waals surface area contributed by atoms with Gasteiger partial charge in [0.15, 0.2) is 0 Å². The van der Waals surface area contributed by atoms with Crippen molar-refractivity contribution in [3.63, 3.8) is 0 Å². The zero-order chi connectivity index (χ0) is 21.1. The van der Waals surface area contributed by atoms with E-state index in [0.29, 0.717) is 23.7 Å². The molecule has 0 amide bonds. The van der Waals surface area contributed by atoms with Crippen LogP contribution < -0.4 is 0 Å². The zero-order valence-electron chi connectivity index (χ0n) is 18.7. The SMILES string of the molecule is CC(C)[CH2][SnH]([CH2]C(C)C)[O]C(=O)CC(O)C(=O)[O][SnH]([CH2]C(C)C)[CH2]C(C)C. The van der Waals surface area contributed by atoms with Gasteiger partial charge < -0.3 is 0 Å². The second-order valence-corrected chi connectivity index (χ2v) is 23.2. The molecule has 0 saturated heterocycles. The standard InChI is InChI=1S/C4H6O5.4C4H9.2Sn.2H/c5-2(4(8)9)1-3(6)7;4*1-4(2)3;;;;/h2,5H,1H2,(H,6,7)(H,8,9);4*4H,1H2,2-3H3;;;;/q;;;;;2*+1;;/p-2. The molecule has 0 heterocycles. The predicted molar refractivity (Wildman–Crippen MR) is 116 cm³/mol. The summed E-state index contributed by atoms with van der Waals surface area (Å²) in [4.78, 5) is 24.5. The molecule has 0 saturated carbocycles. The Kier molecular flexibility index (Phi) is 14.7. The van der Waals surface area contributed by atoms with Crippen LogP contribution in [0.1, 0.15) is 61.8 Å². The fraction of sp³-hybridized carbons (Fsp3) is 0.900. The molecule has 0 aliphatic carbocycles. The molecule has 27 heavy (non-hydrogen) atoms. The van der Waals surface area contributed by atoms with Crippen molar-refractivity contribution in [1.29, 1.82) is 0 Å². The van der Waals surface area contributed by atoms with E-state index in [4.69, 9.17) is 6.15 Å². The van der Waals surface area contributed by atoms with Gasteiger partial charge in [-0.15, -0.1) is 0 Å². The molecule has 0 aliphatic rings. The molecular weight excluding hydrogens is 558 g/mol. The van der Waals surface area contributed by atoms with Gasteiger partial charge in [-0.2, -0.15) is 0 Å². The summed E-state index contributed by atoms with van der Waals surface area (Å²) in [5.74, 6) is 0.945. The Balaban J connectivity index is 4.66. The first-order valence-electron chi connectivity index (χ1n) is 10.5. The Morgan fingerprint density at radius 2 is 1.04 bits per heavy atom. The molecule has 0 radical (unpaired) electrons. The number of aliphatic hydroxyl groups is 1. The molecule has 0 aromatic carbocycles. The van der Waals surface area contributed by atoms with Crippen LogP contribution in [0.3, 0.4) is 0 Å². The van der Waals surface area contributed by atoms with Crippen molar-refractivity contribution in [3.05, 3.63) is 0 Å². The number of hydrogen-bond acceptors (Lipinski definition) is 5. The number of aliphatic hydroxyl groups excluding tert-OH is 1. The molecule has 1 unspecified atom stereocenters. The van der Waals surface area contributed by atoms with E-state index < -0.39 is 58.4 Å². The van der Waals surface area contributed by atoms with Crippen LogP contribution in [0.25, 0.3) is 0 Å². The van der Waals surface area contributed by atoms with E-state index in [1.165, 1.54) is 0 Å². The van der Waals surface area contributed by atoms with Crippen LogP contribution in [-0.2, 0) is 15.7 Å². The van der Waals surface area contributed by atoms with E-state index in [0.717, 1.165) is 17.7 Å². The van der Waals surface area contributed by atoms with Crippen LogP contribution in [0.5, 0.6) is 0 Å². The number of carbonyl (C=O) groups excluding carboxylic acids is 2. The first-order valence-corrected chi connectivity index (χ1v) is 22.5. The summed E-state index contributed by atoms with van der Waals surface area (Å²) < 4.78 is 15.4. The molecule has 7 heteroatoms. The van der Waals surface area contributed by atoms with Crippen LogP contribution in [-0.4, -0.2) is 63.5 Å². The second kappa shape index (κ2) is 14.5. The minimum absolute atomic E-state index is 0.273. The van der Waals surface area contributed by atoms with Gasteiger partial charge >= 0.3 is 182 Å². The summed E-state index contributed by atoms with van der Waals surface area (Å²) in [6, 6.07) is 0. The second-order valence-electron chi connectivity index (χ2n) is 9.41. The summed E-state index contributed by atoms with van der Waals surface area (Å²) in [5, 5.41) is 10.2. The molecule has 160 valence electrons. The van der Waals surface area contributed by atoms with Gasteiger partial charge in [-0.3, -0.25) is 0 Å². The predicted octanol–water partition coefficient (Wildman–Crippen LogP) is 3.90. The third kappa shape index (κ3) is 15.1. The minimum atomic E-state index is -2.49. The molecule has 0 spiro atoms. The van der Waals surface area contributed by atoms with Crippen molar-refractivity contribution in [1.82, 2.24) is 0 Å². The summed E-state index contributed by atoms with van der Waals surface area (Å²) >= 11 is -4.92. The van der Waals surface area contributed by atoms with E-state index in [-0.39, 0.29) is 6.42 Å². The Labute approximate surface area is 181 Å². The van der Waals surface area contributed by atoms with E-state index >= 15 is 0 Å². The molecule has 0 rings (SSSR count). The summed E-state index contributed by atoms with van der Waals surface area (Å²) in [5.41, 5.74) is 0. The van der Waals surface area contributed by atoms with Crippen LogP contribution in [0.4, 0.5) is 0 Å². The molecule has 0 fully saturated rings. The number of rotatable bonds is 13. The van der Waals surface area contributed by atoms with Crippen LogP contribution in [0.2, 0.25) is 17.7 Å². The molecule has 1 atom stereocenters. The zero-order valence-corrected chi connectivity index (χ0v) is 25.2. The van der Waals surface area contributed by atoms with E-state index in [2.05, 4.69) is 55.4 Å². The van der Waals surface area contributed by atoms with Crippen molar-refractivity contribution in [2.45, 2.75) is 85.7 Å². The molecule has 5 nitrogen and oxygen atoms in total. The third-order valence-corrected chi connectivity index (χ3v) is 24.2. The van der Waals surface area contributed by atoms with Crippen molar-refractivity contribution in [3.8, 4) is 0 Å². The maximum atomic E-state index is 12.3. The molecule has 0 aromatic heterocycles. The van der Waals surface area contributed by atoms with E-state index in [1.807, 2.05) is 0 Å². The number of carbonyl (C=O) groups is 2. The fourth-order valence-electron chi connectivity index (χ4n) is 3.21. The van der Waals surface area contributed by atoms with Crippen LogP contribution in [0.15, 0.2) is 0 Å². The van der Waals surface area contributed by atoms with Crippen molar-refractivity contribution >= 4 is 52.3 Å². The molecular formula is C20H42O5Sn2. The Morgan fingerprint density at radius 3 is 1.37 bits per heavy atom. The van der Waals surface area contributed by atoms with Crippen molar-refractivity contribution < 1.29 is 20.8 Å².